The molecule has 4 atom stereocenters. The molecule has 2 aliphatic heterocycles. The second-order valence-corrected chi connectivity index (χ2v) is 9.13. The first-order valence-corrected chi connectivity index (χ1v) is 10.6. The molecule has 5 nitrogen and oxygen atoms in total. The van der Waals surface area contributed by atoms with E-state index in [1.54, 1.807) is 0 Å². The van der Waals surface area contributed by atoms with Crippen molar-refractivity contribution in [2.45, 2.75) is 50.8 Å². The maximum atomic E-state index is 11.0. The molecule has 2 saturated heterocycles. The number of benzene rings is 1. The summed E-state index contributed by atoms with van der Waals surface area (Å²) in [4.78, 5) is 9.94. The van der Waals surface area contributed by atoms with Gasteiger partial charge in [-0.3, -0.25) is 4.90 Å². The highest BCUT2D eigenvalue weighted by molar-refractivity contribution is 5.76. The maximum Gasteiger partial charge on any atom is 0.107 e. The first-order chi connectivity index (χ1) is 13.1. The number of nitrogens with zero attached hydrogens (tertiary/aromatic N) is 4. The molecule has 5 rings (SSSR count). The molecule has 146 valence electrons. The van der Waals surface area contributed by atoms with E-state index in [0.29, 0.717) is 11.8 Å². The van der Waals surface area contributed by atoms with E-state index in [0.717, 1.165) is 30.2 Å². The van der Waals surface area contributed by atoms with E-state index in [2.05, 4.69) is 46.5 Å². The van der Waals surface area contributed by atoms with Gasteiger partial charge in [0, 0.05) is 19.1 Å². The molecule has 3 aliphatic rings. The highest BCUT2D eigenvalue weighted by atomic mass is 16.3. The van der Waals surface area contributed by atoms with Crippen LogP contribution < -0.4 is 0 Å². The van der Waals surface area contributed by atoms with Crippen LogP contribution in [0.1, 0.15) is 37.5 Å². The molecular formula is C22H32N4O. The van der Waals surface area contributed by atoms with Gasteiger partial charge in [0.05, 0.1) is 23.2 Å². The zero-order valence-corrected chi connectivity index (χ0v) is 16.6. The maximum absolute atomic E-state index is 11.0. The lowest BCUT2D eigenvalue weighted by Gasteiger charge is -2.36. The first kappa shape index (κ1) is 17.7. The Kier molecular flexibility index (Phi) is 4.49. The summed E-state index contributed by atoms with van der Waals surface area (Å²) in [6, 6.07) is 9.26. The van der Waals surface area contributed by atoms with E-state index >= 15 is 0 Å². The average Bonchev–Trinajstić information content (AvgIpc) is 3.21. The fourth-order valence-electron chi connectivity index (χ4n) is 5.96. The predicted octanol–water partition coefficient (Wildman–Crippen LogP) is 2.68. The minimum absolute atomic E-state index is 0.163. The molecule has 0 radical (unpaired) electrons. The van der Waals surface area contributed by atoms with Crippen molar-refractivity contribution in [3.8, 4) is 0 Å². The fourth-order valence-corrected chi connectivity index (χ4v) is 5.96. The molecule has 0 spiro atoms. The third-order valence-corrected chi connectivity index (χ3v) is 7.45. The molecule has 3 fully saturated rings. The third-order valence-electron chi connectivity index (χ3n) is 7.45. The molecule has 1 saturated carbocycles. The quantitative estimate of drug-likeness (QED) is 0.885. The number of para-hydroxylation sites is 2. The van der Waals surface area contributed by atoms with Crippen LogP contribution in [0.4, 0.5) is 0 Å². The van der Waals surface area contributed by atoms with Gasteiger partial charge in [0.25, 0.3) is 0 Å². The van der Waals surface area contributed by atoms with Crippen LogP contribution in [0.15, 0.2) is 24.3 Å². The number of hydrogen-bond donors (Lipinski definition) is 1. The topological polar surface area (TPSA) is 44.5 Å². The molecule has 1 N–H and O–H groups in total. The van der Waals surface area contributed by atoms with Crippen LogP contribution >= 0.6 is 0 Å². The Morgan fingerprint density at radius 2 is 1.74 bits per heavy atom. The number of piperidine rings is 1. The molecular weight excluding hydrogens is 336 g/mol. The van der Waals surface area contributed by atoms with Crippen LogP contribution in [0, 0.1) is 18.8 Å². The Morgan fingerprint density at radius 3 is 2.52 bits per heavy atom. The fraction of sp³-hybridized carbons (Fsp3) is 0.682. The van der Waals surface area contributed by atoms with Crippen LogP contribution in [-0.4, -0.2) is 69.8 Å². The van der Waals surface area contributed by atoms with E-state index in [1.165, 1.54) is 44.5 Å². The van der Waals surface area contributed by atoms with Crippen molar-refractivity contribution in [2.24, 2.45) is 11.8 Å². The van der Waals surface area contributed by atoms with Crippen LogP contribution in [0.5, 0.6) is 0 Å². The predicted molar refractivity (Wildman–Crippen MR) is 108 cm³/mol. The van der Waals surface area contributed by atoms with Crippen molar-refractivity contribution in [3.05, 3.63) is 30.1 Å². The lowest BCUT2D eigenvalue weighted by atomic mass is 9.77. The molecule has 1 aromatic heterocycles. The van der Waals surface area contributed by atoms with Crippen molar-refractivity contribution < 1.29 is 5.11 Å². The van der Waals surface area contributed by atoms with E-state index in [4.69, 9.17) is 4.98 Å². The number of rotatable bonds is 2. The highest BCUT2D eigenvalue weighted by Gasteiger charge is 2.44. The Morgan fingerprint density at radius 1 is 1.04 bits per heavy atom. The van der Waals surface area contributed by atoms with E-state index in [1.807, 2.05) is 6.07 Å². The lowest BCUT2D eigenvalue weighted by molar-refractivity contribution is 0.0366. The molecule has 27 heavy (non-hydrogen) atoms. The smallest absolute Gasteiger partial charge is 0.107 e. The van der Waals surface area contributed by atoms with Crippen molar-refractivity contribution in [1.29, 1.82) is 0 Å². The molecule has 0 bridgehead atoms. The van der Waals surface area contributed by atoms with Crippen molar-refractivity contribution >= 4 is 11.0 Å². The summed E-state index contributed by atoms with van der Waals surface area (Å²) in [6.07, 6.45) is 4.35. The second-order valence-electron chi connectivity index (χ2n) is 9.13. The number of aliphatic hydroxyl groups excluding tert-OH is 1. The van der Waals surface area contributed by atoms with Gasteiger partial charge in [-0.25, -0.2) is 4.98 Å². The zero-order valence-electron chi connectivity index (χ0n) is 16.6. The number of fused-ring (bicyclic) bond motifs is 2. The van der Waals surface area contributed by atoms with Gasteiger partial charge in [-0.1, -0.05) is 12.1 Å². The third kappa shape index (κ3) is 3.10. The normalized spacial score (nSPS) is 33.6. The van der Waals surface area contributed by atoms with Gasteiger partial charge in [0.15, 0.2) is 0 Å². The molecule has 2 aromatic rings. The Labute approximate surface area is 162 Å². The largest absolute Gasteiger partial charge is 0.391 e. The standard InChI is InChI=1S/C22H32N4O/c1-15-23-19-5-3-4-6-20(19)26(15)21-11-16-13-25(14-17(16)12-22(21)27)18-7-9-24(2)10-8-18/h3-6,16-18,21-22,27H,7-14H2,1-2H3/t16-,17+,21-,22-/m0/s1. The van der Waals surface area contributed by atoms with Gasteiger partial charge in [-0.05, 0) is 76.7 Å². The SMILES string of the molecule is Cc1nc2ccccc2n1[C@H]1C[C@H]2CN(C3CCN(C)CC3)C[C@H]2C[C@@H]1O. The number of likely N-dealkylation sites (tertiary alicyclic amines) is 2. The van der Waals surface area contributed by atoms with Crippen LogP contribution in [0.25, 0.3) is 11.0 Å². The average molecular weight is 369 g/mol. The number of imidazole rings is 1. The van der Waals surface area contributed by atoms with E-state index < -0.39 is 0 Å². The summed E-state index contributed by atoms with van der Waals surface area (Å²) < 4.78 is 2.31. The van der Waals surface area contributed by atoms with Crippen LogP contribution in [-0.2, 0) is 0 Å². The number of aliphatic hydroxyl groups is 1. The summed E-state index contributed by atoms with van der Waals surface area (Å²) in [5.41, 5.74) is 2.21. The summed E-state index contributed by atoms with van der Waals surface area (Å²) in [7, 11) is 2.23. The monoisotopic (exact) mass is 368 g/mol. The zero-order chi connectivity index (χ0) is 18.5. The molecule has 1 aliphatic carbocycles. The summed E-state index contributed by atoms with van der Waals surface area (Å²) in [6.45, 7) is 6.93. The van der Waals surface area contributed by atoms with E-state index in [9.17, 15) is 5.11 Å². The second kappa shape index (κ2) is 6.87. The van der Waals surface area contributed by atoms with Crippen molar-refractivity contribution in [2.75, 3.05) is 33.2 Å². The molecule has 3 heterocycles. The lowest BCUT2D eigenvalue weighted by Crippen LogP contribution is -2.42. The molecule has 0 unspecified atom stereocenters. The van der Waals surface area contributed by atoms with Crippen LogP contribution in [0.3, 0.4) is 0 Å². The van der Waals surface area contributed by atoms with E-state index in [-0.39, 0.29) is 12.1 Å². The van der Waals surface area contributed by atoms with Gasteiger partial charge in [0.1, 0.15) is 5.82 Å². The Hall–Kier alpha value is -1.43. The molecule has 5 heteroatoms. The number of aryl methyl sites for hydroxylation is 1. The van der Waals surface area contributed by atoms with Gasteiger partial charge >= 0.3 is 0 Å². The van der Waals surface area contributed by atoms with Crippen LogP contribution in [0.2, 0.25) is 0 Å². The summed E-state index contributed by atoms with van der Waals surface area (Å²) in [5, 5.41) is 11.0. The minimum atomic E-state index is -0.264. The number of aromatic nitrogens is 2. The summed E-state index contributed by atoms with van der Waals surface area (Å²) >= 11 is 0. The molecule has 1 aromatic carbocycles. The highest BCUT2D eigenvalue weighted by Crippen LogP contribution is 2.43. The first-order valence-electron chi connectivity index (χ1n) is 10.6. The number of hydrogen-bond acceptors (Lipinski definition) is 4. The van der Waals surface area contributed by atoms with Gasteiger partial charge < -0.3 is 14.6 Å². The summed E-state index contributed by atoms with van der Waals surface area (Å²) in [5.74, 6) is 2.40. The molecule has 0 amide bonds. The van der Waals surface area contributed by atoms with Gasteiger partial charge in [-0.15, -0.1) is 0 Å². The van der Waals surface area contributed by atoms with Crippen molar-refractivity contribution in [3.63, 3.8) is 0 Å². The van der Waals surface area contributed by atoms with Gasteiger partial charge in [-0.2, -0.15) is 0 Å². The Bertz CT molecular complexity index is 810. The van der Waals surface area contributed by atoms with Crippen molar-refractivity contribution in [1.82, 2.24) is 19.4 Å². The van der Waals surface area contributed by atoms with Gasteiger partial charge in [0.2, 0.25) is 0 Å². The minimum Gasteiger partial charge on any atom is -0.391 e. The Balaban J connectivity index is 1.35.